The number of methoxy groups -OCH3 is 1. The summed E-state index contributed by atoms with van der Waals surface area (Å²) in [5, 5.41) is 9.61. The molecule has 0 saturated heterocycles. The summed E-state index contributed by atoms with van der Waals surface area (Å²) in [5.41, 5.74) is 0.569. The van der Waals surface area contributed by atoms with E-state index in [4.69, 9.17) is 4.74 Å². The van der Waals surface area contributed by atoms with E-state index in [-0.39, 0.29) is 11.5 Å². The van der Waals surface area contributed by atoms with Crippen LogP contribution in [0, 0.1) is 0 Å². The summed E-state index contributed by atoms with van der Waals surface area (Å²) in [6, 6.07) is 5.11. The molecule has 0 atom stereocenters. The highest BCUT2D eigenvalue weighted by Gasteiger charge is 2.03. The lowest BCUT2D eigenvalue weighted by Crippen LogP contribution is -1.86. The molecule has 0 aliphatic carbocycles. The van der Waals surface area contributed by atoms with Crippen LogP contribution in [0.3, 0.4) is 0 Å². The predicted octanol–water partition coefficient (Wildman–Crippen LogP) is 2.00. The molecular formula is C11H12O3. The molecule has 0 aliphatic heterocycles. The van der Waals surface area contributed by atoms with Gasteiger partial charge in [-0.25, -0.2) is 0 Å². The normalized spacial score (nSPS) is 10.4. The lowest BCUT2D eigenvalue weighted by atomic mass is 10.1. The Morgan fingerprint density at radius 3 is 2.79 bits per heavy atom. The number of carbonyl (C=O) groups is 1. The van der Waals surface area contributed by atoms with Crippen molar-refractivity contribution in [3.8, 4) is 11.5 Å². The molecule has 1 aromatic rings. The van der Waals surface area contributed by atoms with Crippen LogP contribution in [-0.4, -0.2) is 18.0 Å². The number of allylic oxidation sites excluding steroid dienone is 1. The third kappa shape index (κ3) is 2.36. The summed E-state index contributed by atoms with van der Waals surface area (Å²) >= 11 is 0. The van der Waals surface area contributed by atoms with E-state index < -0.39 is 0 Å². The summed E-state index contributed by atoms with van der Waals surface area (Å²) in [4.78, 5) is 10.7. The van der Waals surface area contributed by atoms with Gasteiger partial charge in [0.1, 0.15) is 0 Å². The number of carbonyl (C=O) groups excluding carboxylic acids is 1. The highest BCUT2D eigenvalue weighted by Crippen LogP contribution is 2.29. The van der Waals surface area contributed by atoms with Gasteiger partial charge in [0.05, 0.1) is 7.11 Å². The zero-order valence-corrected chi connectivity index (χ0v) is 8.15. The Morgan fingerprint density at radius 2 is 2.21 bits per heavy atom. The van der Waals surface area contributed by atoms with Crippen LogP contribution in [0.15, 0.2) is 24.3 Å². The van der Waals surface area contributed by atoms with Crippen molar-refractivity contribution in [3.63, 3.8) is 0 Å². The molecule has 1 rings (SSSR count). The number of aromatic hydroxyl groups is 1. The SMILES string of the molecule is COc1cccc(/C=C\C(C)=O)c1O. The fourth-order valence-corrected chi connectivity index (χ4v) is 1.05. The monoisotopic (exact) mass is 192 g/mol. The summed E-state index contributed by atoms with van der Waals surface area (Å²) < 4.78 is 4.92. The Morgan fingerprint density at radius 1 is 1.50 bits per heavy atom. The molecule has 0 fully saturated rings. The second-order valence-electron chi connectivity index (χ2n) is 2.84. The van der Waals surface area contributed by atoms with E-state index in [9.17, 15) is 9.90 Å². The Hall–Kier alpha value is -1.77. The minimum absolute atomic E-state index is 0.0486. The summed E-state index contributed by atoms with van der Waals surface area (Å²) in [6.07, 6.45) is 2.95. The van der Waals surface area contributed by atoms with Crippen molar-refractivity contribution in [1.82, 2.24) is 0 Å². The van der Waals surface area contributed by atoms with E-state index in [0.717, 1.165) is 0 Å². The molecule has 0 unspecified atom stereocenters. The van der Waals surface area contributed by atoms with Gasteiger partial charge in [0, 0.05) is 5.56 Å². The molecule has 0 heterocycles. The molecule has 0 amide bonds. The van der Waals surface area contributed by atoms with E-state index in [1.807, 2.05) is 0 Å². The minimum atomic E-state index is -0.0628. The number of hydrogen-bond donors (Lipinski definition) is 1. The summed E-state index contributed by atoms with van der Waals surface area (Å²) in [6.45, 7) is 1.45. The second-order valence-corrected chi connectivity index (χ2v) is 2.84. The van der Waals surface area contributed by atoms with Gasteiger partial charge in [-0.2, -0.15) is 0 Å². The van der Waals surface area contributed by atoms with Gasteiger partial charge in [-0.3, -0.25) is 4.79 Å². The Kier molecular flexibility index (Phi) is 3.29. The molecule has 1 aromatic carbocycles. The molecule has 14 heavy (non-hydrogen) atoms. The summed E-state index contributed by atoms with van der Waals surface area (Å²) in [5.74, 6) is 0.385. The van der Waals surface area contributed by atoms with Crippen molar-refractivity contribution < 1.29 is 14.6 Å². The van der Waals surface area contributed by atoms with Gasteiger partial charge in [0.25, 0.3) is 0 Å². The van der Waals surface area contributed by atoms with Crippen LogP contribution in [0.25, 0.3) is 6.08 Å². The lowest BCUT2D eigenvalue weighted by Gasteiger charge is -2.04. The molecule has 0 bridgehead atoms. The number of hydrogen-bond acceptors (Lipinski definition) is 3. The van der Waals surface area contributed by atoms with Gasteiger partial charge in [-0.15, -0.1) is 0 Å². The molecule has 0 saturated carbocycles. The third-order valence-corrected chi connectivity index (χ3v) is 1.75. The number of rotatable bonds is 3. The molecule has 0 radical (unpaired) electrons. The van der Waals surface area contributed by atoms with Gasteiger partial charge in [0.15, 0.2) is 17.3 Å². The molecule has 0 aliphatic rings. The molecule has 0 spiro atoms. The molecule has 74 valence electrons. The molecule has 1 N–H and O–H groups in total. The maximum absolute atomic E-state index is 10.7. The third-order valence-electron chi connectivity index (χ3n) is 1.75. The van der Waals surface area contributed by atoms with E-state index in [1.54, 1.807) is 24.3 Å². The second kappa shape index (κ2) is 4.46. The maximum atomic E-state index is 10.7. The smallest absolute Gasteiger partial charge is 0.165 e. The quantitative estimate of drug-likeness (QED) is 0.745. The predicted molar refractivity (Wildman–Crippen MR) is 54.4 cm³/mol. The van der Waals surface area contributed by atoms with E-state index in [0.29, 0.717) is 11.3 Å². The van der Waals surface area contributed by atoms with Gasteiger partial charge in [-0.1, -0.05) is 12.1 Å². The first-order valence-corrected chi connectivity index (χ1v) is 4.19. The van der Waals surface area contributed by atoms with Crippen LogP contribution in [0.2, 0.25) is 0 Å². The number of phenolic OH excluding ortho intramolecular Hbond substituents is 1. The van der Waals surface area contributed by atoms with Crippen molar-refractivity contribution >= 4 is 11.9 Å². The van der Waals surface area contributed by atoms with Crippen molar-refractivity contribution in [2.75, 3.05) is 7.11 Å². The average Bonchev–Trinajstić information content (AvgIpc) is 2.16. The highest BCUT2D eigenvalue weighted by atomic mass is 16.5. The van der Waals surface area contributed by atoms with E-state index >= 15 is 0 Å². The minimum Gasteiger partial charge on any atom is -0.504 e. The van der Waals surface area contributed by atoms with Crippen molar-refractivity contribution in [3.05, 3.63) is 29.8 Å². The van der Waals surface area contributed by atoms with Crippen LogP contribution < -0.4 is 4.74 Å². The highest BCUT2D eigenvalue weighted by molar-refractivity contribution is 5.92. The van der Waals surface area contributed by atoms with Crippen LogP contribution in [0.4, 0.5) is 0 Å². The van der Waals surface area contributed by atoms with Gasteiger partial charge < -0.3 is 9.84 Å². The lowest BCUT2D eigenvalue weighted by molar-refractivity contribution is -0.112. The van der Waals surface area contributed by atoms with E-state index in [1.165, 1.54) is 20.1 Å². The number of benzene rings is 1. The van der Waals surface area contributed by atoms with Gasteiger partial charge in [-0.05, 0) is 25.1 Å². The number of para-hydroxylation sites is 1. The van der Waals surface area contributed by atoms with E-state index in [2.05, 4.69) is 0 Å². The zero-order valence-electron chi connectivity index (χ0n) is 8.15. The van der Waals surface area contributed by atoms with Crippen LogP contribution in [0.5, 0.6) is 11.5 Å². The average molecular weight is 192 g/mol. The van der Waals surface area contributed by atoms with Crippen LogP contribution >= 0.6 is 0 Å². The topological polar surface area (TPSA) is 46.5 Å². The Labute approximate surface area is 82.6 Å². The Bertz CT molecular complexity index is 367. The van der Waals surface area contributed by atoms with Gasteiger partial charge >= 0.3 is 0 Å². The first-order valence-electron chi connectivity index (χ1n) is 4.19. The molecular weight excluding hydrogens is 180 g/mol. The number of phenols is 1. The van der Waals surface area contributed by atoms with Crippen molar-refractivity contribution in [2.24, 2.45) is 0 Å². The first-order chi connectivity index (χ1) is 6.65. The Balaban J connectivity index is 3.03. The zero-order chi connectivity index (χ0) is 10.6. The fraction of sp³-hybridized carbons (Fsp3) is 0.182. The van der Waals surface area contributed by atoms with Crippen LogP contribution in [0.1, 0.15) is 12.5 Å². The van der Waals surface area contributed by atoms with Crippen molar-refractivity contribution in [2.45, 2.75) is 6.92 Å². The number of ketones is 1. The molecule has 3 heteroatoms. The fourth-order valence-electron chi connectivity index (χ4n) is 1.05. The first kappa shape index (κ1) is 10.3. The van der Waals surface area contributed by atoms with Crippen LogP contribution in [-0.2, 0) is 4.79 Å². The maximum Gasteiger partial charge on any atom is 0.165 e. The number of ether oxygens (including phenoxy) is 1. The largest absolute Gasteiger partial charge is 0.504 e. The van der Waals surface area contributed by atoms with Gasteiger partial charge in [0.2, 0.25) is 0 Å². The standard InChI is InChI=1S/C11H12O3/c1-8(12)6-7-9-4-3-5-10(14-2)11(9)13/h3-7,13H,1-2H3/b7-6-. The molecule has 3 nitrogen and oxygen atoms in total. The molecule has 0 aromatic heterocycles. The summed E-state index contributed by atoms with van der Waals surface area (Å²) in [7, 11) is 1.48. The van der Waals surface area contributed by atoms with Crippen molar-refractivity contribution in [1.29, 1.82) is 0 Å².